The molecule has 0 aromatic rings. The molecule has 0 aliphatic rings. The van der Waals surface area contributed by atoms with Crippen molar-refractivity contribution >= 4 is 53.0 Å². The maximum atomic E-state index is 10.5. The standard InChI is InChI=1S/C6H12O.C5H9O3P.2O2P2/c1-4-5(2)6(3)7;1-3-4(2)5(6)8-9-7;2*1-3-4-2/h5H,4H2,1-3H3;4H,3H2,1-2H3;;. The van der Waals surface area contributed by atoms with Crippen LogP contribution in [0.15, 0.2) is 0 Å². The summed E-state index contributed by atoms with van der Waals surface area (Å²) in [6.45, 7) is 9.20. The summed E-state index contributed by atoms with van der Waals surface area (Å²) in [5.41, 5.74) is 0. The van der Waals surface area contributed by atoms with Crippen molar-refractivity contribution in [2.75, 3.05) is 0 Å². The summed E-state index contributed by atoms with van der Waals surface area (Å²) in [6.07, 6.45) is 1.68. The molecule has 0 amide bonds. The highest BCUT2D eigenvalue weighted by Crippen LogP contribution is 2.09. The van der Waals surface area contributed by atoms with Crippen LogP contribution in [-0.4, -0.2) is 11.8 Å². The second kappa shape index (κ2) is 27.5. The molecule has 0 spiro atoms. The molecule has 0 aliphatic heterocycles. The van der Waals surface area contributed by atoms with Crippen LogP contribution in [0.25, 0.3) is 0 Å². The van der Waals surface area contributed by atoms with Crippen molar-refractivity contribution in [2.45, 2.75) is 47.5 Å². The fourth-order valence-corrected chi connectivity index (χ4v) is 0.834. The largest absolute Gasteiger partial charge is 0.398 e. The van der Waals surface area contributed by atoms with Gasteiger partial charge in [0.15, 0.2) is 0 Å². The van der Waals surface area contributed by atoms with E-state index >= 15 is 0 Å². The van der Waals surface area contributed by atoms with Crippen LogP contribution in [0.5, 0.6) is 0 Å². The summed E-state index contributed by atoms with van der Waals surface area (Å²) in [7, 11) is -1.90. The van der Waals surface area contributed by atoms with Crippen molar-refractivity contribution in [3.8, 4) is 0 Å². The van der Waals surface area contributed by atoms with E-state index in [-0.39, 0.29) is 44.4 Å². The Hall–Kier alpha value is -0.360. The molecule has 138 valence electrons. The zero-order valence-electron chi connectivity index (χ0n) is 14.1. The Morgan fingerprint density at radius 3 is 1.25 bits per heavy atom. The van der Waals surface area contributed by atoms with Crippen LogP contribution in [0, 0.1) is 11.8 Å². The van der Waals surface area contributed by atoms with Crippen LogP contribution in [0.3, 0.4) is 0 Å². The quantitative estimate of drug-likeness (QED) is 0.421. The normalized spacial score (nSPS) is 11.9. The molecule has 13 heteroatoms. The lowest BCUT2D eigenvalue weighted by atomic mass is 10.1. The Morgan fingerprint density at radius 1 is 0.792 bits per heavy atom. The van der Waals surface area contributed by atoms with Crippen LogP contribution in [0.4, 0.5) is 0 Å². The molecule has 0 radical (unpaired) electrons. The molecular formula is C11H21O8P5. The Labute approximate surface area is 149 Å². The van der Waals surface area contributed by atoms with Crippen LogP contribution < -0.4 is 0 Å². The molecule has 0 saturated heterocycles. The second-order valence-corrected chi connectivity index (χ2v) is 6.99. The van der Waals surface area contributed by atoms with E-state index in [1.807, 2.05) is 20.8 Å². The number of carbonyl (C=O) groups excluding carboxylic acids is 2. The van der Waals surface area contributed by atoms with Gasteiger partial charge in [-0.15, -0.1) is 0 Å². The van der Waals surface area contributed by atoms with Gasteiger partial charge in [-0.1, -0.05) is 27.7 Å². The fourth-order valence-electron chi connectivity index (χ4n) is 0.581. The maximum absolute atomic E-state index is 10.5. The highest BCUT2D eigenvalue weighted by Gasteiger charge is 2.10. The molecule has 0 saturated carbocycles. The van der Waals surface area contributed by atoms with Crippen LogP contribution >= 0.6 is 41.3 Å². The number of carbonyl (C=O) groups is 2. The average molecular weight is 436 g/mol. The molecule has 8 nitrogen and oxygen atoms in total. The lowest BCUT2D eigenvalue weighted by molar-refractivity contribution is -0.137. The molecule has 2 atom stereocenters. The summed E-state index contributed by atoms with van der Waals surface area (Å²) < 4.78 is 49.6. The number of Topliss-reactive ketones (excluding diaryl/α,β-unsaturated/α-hetero) is 1. The van der Waals surface area contributed by atoms with Gasteiger partial charge in [0, 0.05) is 5.92 Å². The first-order valence-corrected chi connectivity index (χ1v) is 12.0. The minimum atomic E-state index is -0.556. The van der Waals surface area contributed by atoms with Gasteiger partial charge in [0.1, 0.15) is 5.78 Å². The molecule has 0 aromatic heterocycles. The number of rotatable bonds is 7. The van der Waals surface area contributed by atoms with Crippen molar-refractivity contribution in [3.05, 3.63) is 0 Å². The first kappa shape index (κ1) is 31.4. The summed E-state index contributed by atoms with van der Waals surface area (Å²) in [5, 5.41) is 0. The van der Waals surface area contributed by atoms with Crippen LogP contribution in [0.2, 0.25) is 0 Å². The SMILES string of the molecule is CCC(C)C(=O)OP=O.CCC(C)C(C)=O.O=PP=O.O=PP=O. The Morgan fingerprint density at radius 2 is 1.12 bits per heavy atom. The molecule has 0 heterocycles. The summed E-state index contributed by atoms with van der Waals surface area (Å²) in [4.78, 5) is 20.9. The van der Waals surface area contributed by atoms with Crippen molar-refractivity contribution in [1.82, 2.24) is 0 Å². The molecular weight excluding hydrogens is 415 g/mol. The third kappa shape index (κ3) is 33.3. The molecule has 0 rings (SSSR count). The Balaban J connectivity index is -0.000000119. The highest BCUT2D eigenvalue weighted by atomic mass is 32.0. The summed E-state index contributed by atoms with van der Waals surface area (Å²) in [5.74, 6) is 0.00289. The number of hydrogen-bond donors (Lipinski definition) is 0. The van der Waals surface area contributed by atoms with E-state index < -0.39 is 14.7 Å². The molecule has 0 bridgehead atoms. The van der Waals surface area contributed by atoms with Crippen molar-refractivity contribution < 1.29 is 36.9 Å². The summed E-state index contributed by atoms with van der Waals surface area (Å²) in [6, 6.07) is 0. The minimum Gasteiger partial charge on any atom is -0.373 e. The van der Waals surface area contributed by atoms with E-state index in [9.17, 15) is 14.2 Å². The monoisotopic (exact) mass is 436 g/mol. The maximum Gasteiger partial charge on any atom is 0.398 e. The number of hydrogen-bond acceptors (Lipinski definition) is 8. The van der Waals surface area contributed by atoms with Crippen molar-refractivity contribution in [3.63, 3.8) is 0 Å². The lowest BCUT2D eigenvalue weighted by Gasteiger charge is -2.00. The predicted octanol–water partition coefficient (Wildman–Crippen LogP) is 6.37. The van der Waals surface area contributed by atoms with E-state index in [4.69, 9.17) is 18.3 Å². The summed E-state index contributed by atoms with van der Waals surface area (Å²) >= 11 is 0. The van der Waals surface area contributed by atoms with Crippen LogP contribution in [0.1, 0.15) is 47.5 Å². The lowest BCUT2D eigenvalue weighted by Crippen LogP contribution is -2.08. The topological polar surface area (TPSA) is 129 Å². The molecule has 24 heavy (non-hydrogen) atoms. The van der Waals surface area contributed by atoms with Crippen LogP contribution in [-0.2, 0) is 36.9 Å². The zero-order valence-corrected chi connectivity index (χ0v) is 18.5. The zero-order chi connectivity index (χ0) is 20.0. The minimum absolute atomic E-state index is 0.147. The van der Waals surface area contributed by atoms with Gasteiger partial charge in [0.2, 0.25) is 0 Å². The molecule has 2 unspecified atom stereocenters. The Kier molecular flexibility index (Phi) is 36.0. The van der Waals surface area contributed by atoms with E-state index in [1.54, 1.807) is 13.8 Å². The third-order valence-electron chi connectivity index (χ3n) is 2.52. The van der Waals surface area contributed by atoms with Crippen molar-refractivity contribution in [1.29, 1.82) is 0 Å². The van der Waals surface area contributed by atoms with E-state index in [0.717, 1.165) is 6.42 Å². The molecule has 0 fully saturated rings. The average Bonchev–Trinajstić information content (AvgIpc) is 2.61. The molecule has 0 N–H and O–H groups in total. The predicted molar refractivity (Wildman–Crippen MR) is 93.7 cm³/mol. The van der Waals surface area contributed by atoms with Gasteiger partial charge in [-0.25, -0.2) is 4.57 Å². The van der Waals surface area contributed by atoms with Gasteiger partial charge in [-0.2, -0.15) is 0 Å². The van der Waals surface area contributed by atoms with Gasteiger partial charge in [-0.05, 0) is 19.8 Å². The van der Waals surface area contributed by atoms with Gasteiger partial charge in [-0.3, -0.25) is 27.8 Å². The van der Waals surface area contributed by atoms with E-state index in [0.29, 0.717) is 12.2 Å². The van der Waals surface area contributed by atoms with Gasteiger partial charge in [0.05, 0.1) is 5.92 Å². The fraction of sp³-hybridized carbons (Fsp3) is 0.818. The second-order valence-electron chi connectivity index (χ2n) is 4.04. The molecule has 0 aliphatic carbocycles. The van der Waals surface area contributed by atoms with Gasteiger partial charge >= 0.3 is 14.7 Å². The van der Waals surface area contributed by atoms with Crippen molar-refractivity contribution in [2.24, 2.45) is 11.8 Å². The Bertz CT molecular complexity index is 367. The smallest absolute Gasteiger partial charge is 0.373 e. The van der Waals surface area contributed by atoms with E-state index in [2.05, 4.69) is 4.52 Å². The first-order valence-electron chi connectivity index (χ1n) is 6.57. The van der Waals surface area contributed by atoms with Gasteiger partial charge < -0.3 is 4.52 Å². The first-order chi connectivity index (χ1) is 11.2. The number of ketones is 1. The highest BCUT2D eigenvalue weighted by molar-refractivity contribution is 7.99. The van der Waals surface area contributed by atoms with Gasteiger partial charge in [0.25, 0.3) is 32.6 Å². The molecule has 0 aromatic carbocycles. The third-order valence-corrected chi connectivity index (χ3v) is 3.30. The van der Waals surface area contributed by atoms with E-state index in [1.165, 1.54) is 0 Å².